The molecule has 3 rings (SSSR count). The van der Waals surface area contributed by atoms with Crippen molar-refractivity contribution in [2.24, 2.45) is 11.8 Å². The Morgan fingerprint density at radius 1 is 1.22 bits per heavy atom. The van der Waals surface area contributed by atoms with Crippen LogP contribution in [0.4, 0.5) is 4.79 Å². The minimum atomic E-state index is -4.97. The van der Waals surface area contributed by atoms with Gasteiger partial charge in [0, 0.05) is 30.5 Å². The molecule has 4 amide bonds. The molecule has 41 heavy (non-hydrogen) atoms. The SMILES string of the molecule is CC(C)C[C@H](NC(=O)OC[C@@H]1CCC(=O)N1Cc1cccc(Cl)c1)C(=O)N[C@@H](C[C@@H]1CCNC1=O)C(O)S(=O)(=O)O. The molecule has 0 aromatic heterocycles. The standard InChI is InChI=1S/C26H37ClN4O9S/c1-15(2)10-20(24(34)29-21(25(35)41(37,38)39)12-17-8-9-28-23(17)33)30-26(36)40-14-19-6-7-22(32)31(19)13-16-4-3-5-18(27)11-16/h3-5,11,15,17,19-21,25,35H,6-10,12-14H2,1-2H3,(H,28,33)(H,29,34)(H,30,36)(H,37,38,39)/t17-,19-,20-,21-,25?/m0/s1. The topological polar surface area (TPSA) is 191 Å². The molecule has 1 unspecified atom stereocenters. The van der Waals surface area contributed by atoms with Crippen LogP contribution in [-0.4, -0.2) is 83.5 Å². The van der Waals surface area contributed by atoms with E-state index in [4.69, 9.17) is 16.3 Å². The van der Waals surface area contributed by atoms with Crippen LogP contribution in [0.15, 0.2) is 24.3 Å². The van der Waals surface area contributed by atoms with Crippen LogP contribution >= 0.6 is 11.6 Å². The number of carbonyl (C=O) groups excluding carboxylic acids is 4. The van der Waals surface area contributed by atoms with Crippen molar-refractivity contribution >= 4 is 45.5 Å². The van der Waals surface area contributed by atoms with Gasteiger partial charge in [0.25, 0.3) is 10.1 Å². The van der Waals surface area contributed by atoms with Gasteiger partial charge >= 0.3 is 6.09 Å². The molecule has 2 aliphatic rings. The monoisotopic (exact) mass is 616 g/mol. The maximum Gasteiger partial charge on any atom is 0.407 e. The summed E-state index contributed by atoms with van der Waals surface area (Å²) in [6.07, 6.45) is 0.117. The van der Waals surface area contributed by atoms with Crippen molar-refractivity contribution in [2.75, 3.05) is 13.2 Å². The zero-order valence-electron chi connectivity index (χ0n) is 22.9. The molecule has 2 saturated heterocycles. The molecule has 5 atom stereocenters. The van der Waals surface area contributed by atoms with Crippen molar-refractivity contribution in [3.63, 3.8) is 0 Å². The Morgan fingerprint density at radius 2 is 1.95 bits per heavy atom. The molecule has 1 aromatic rings. The Bertz CT molecular complexity index is 1230. The molecular weight excluding hydrogens is 580 g/mol. The third kappa shape index (κ3) is 9.55. The molecule has 13 nitrogen and oxygen atoms in total. The third-order valence-electron chi connectivity index (χ3n) is 7.10. The number of likely N-dealkylation sites (tertiary alicyclic amines) is 1. The number of nitrogens with one attached hydrogen (secondary N) is 3. The van der Waals surface area contributed by atoms with Crippen LogP contribution < -0.4 is 16.0 Å². The fourth-order valence-corrected chi connectivity index (χ4v) is 5.80. The average molecular weight is 617 g/mol. The van der Waals surface area contributed by atoms with Gasteiger partial charge in [-0.1, -0.05) is 37.6 Å². The van der Waals surface area contributed by atoms with Crippen molar-refractivity contribution < 1.29 is 42.0 Å². The van der Waals surface area contributed by atoms with E-state index in [9.17, 15) is 37.3 Å². The van der Waals surface area contributed by atoms with E-state index in [1.165, 1.54) is 0 Å². The minimum Gasteiger partial charge on any atom is -0.447 e. The van der Waals surface area contributed by atoms with Gasteiger partial charge in [-0.15, -0.1) is 0 Å². The molecule has 0 aliphatic carbocycles. The molecule has 5 N–H and O–H groups in total. The summed E-state index contributed by atoms with van der Waals surface area (Å²) in [6.45, 7) is 4.15. The van der Waals surface area contributed by atoms with Crippen LogP contribution in [0, 0.1) is 11.8 Å². The Hall–Kier alpha value is -2.94. The third-order valence-corrected chi connectivity index (χ3v) is 8.27. The Kier molecular flexibility index (Phi) is 11.4. The number of aliphatic hydroxyl groups is 1. The summed E-state index contributed by atoms with van der Waals surface area (Å²) in [6, 6.07) is 4.02. The molecule has 1 aromatic carbocycles. The van der Waals surface area contributed by atoms with Crippen LogP contribution in [-0.2, 0) is 35.8 Å². The van der Waals surface area contributed by atoms with E-state index in [-0.39, 0.29) is 43.2 Å². The molecule has 0 saturated carbocycles. The normalized spacial score (nSPS) is 21.4. The second kappa shape index (κ2) is 14.3. The van der Waals surface area contributed by atoms with Gasteiger partial charge in [0.05, 0.1) is 12.1 Å². The summed E-state index contributed by atoms with van der Waals surface area (Å²) in [7, 11) is -4.97. The number of aliphatic hydroxyl groups excluding tert-OH is 1. The zero-order valence-corrected chi connectivity index (χ0v) is 24.5. The lowest BCUT2D eigenvalue weighted by atomic mass is 9.97. The van der Waals surface area contributed by atoms with Crippen molar-refractivity contribution in [1.82, 2.24) is 20.9 Å². The predicted octanol–water partition coefficient (Wildman–Crippen LogP) is 1.19. The average Bonchev–Trinajstić information content (AvgIpc) is 3.45. The number of halogens is 1. The Morgan fingerprint density at radius 3 is 2.56 bits per heavy atom. The van der Waals surface area contributed by atoms with Gasteiger partial charge in [-0.3, -0.25) is 18.9 Å². The maximum absolute atomic E-state index is 13.2. The van der Waals surface area contributed by atoms with Gasteiger partial charge in [-0.05, 0) is 49.3 Å². The first-order valence-corrected chi connectivity index (χ1v) is 15.3. The van der Waals surface area contributed by atoms with Gasteiger partial charge in [0.2, 0.25) is 23.2 Å². The van der Waals surface area contributed by atoms with E-state index in [0.29, 0.717) is 37.4 Å². The van der Waals surface area contributed by atoms with Crippen molar-refractivity contribution in [1.29, 1.82) is 0 Å². The summed E-state index contributed by atoms with van der Waals surface area (Å²) < 4.78 is 38.1. The summed E-state index contributed by atoms with van der Waals surface area (Å²) in [5.74, 6) is -2.03. The fourth-order valence-electron chi connectivity index (χ4n) is 4.99. The second-order valence-corrected chi connectivity index (χ2v) is 12.8. The molecule has 2 fully saturated rings. The Balaban J connectivity index is 1.63. The smallest absolute Gasteiger partial charge is 0.407 e. The first kappa shape index (κ1) is 32.6. The number of benzene rings is 1. The maximum atomic E-state index is 13.2. The summed E-state index contributed by atoms with van der Waals surface area (Å²) in [4.78, 5) is 52.0. The quantitative estimate of drug-likeness (QED) is 0.203. The largest absolute Gasteiger partial charge is 0.447 e. The van der Waals surface area contributed by atoms with Crippen molar-refractivity contribution in [2.45, 2.75) is 76.1 Å². The van der Waals surface area contributed by atoms with Crippen LogP contribution in [0.1, 0.15) is 51.5 Å². The molecule has 2 heterocycles. The first-order chi connectivity index (χ1) is 19.2. The highest BCUT2D eigenvalue weighted by molar-refractivity contribution is 7.86. The van der Waals surface area contributed by atoms with E-state index >= 15 is 0 Å². The number of rotatable bonds is 13. The fraction of sp³-hybridized carbons (Fsp3) is 0.615. The number of nitrogens with zero attached hydrogens (tertiary/aromatic N) is 1. The molecule has 228 valence electrons. The molecule has 0 radical (unpaired) electrons. The highest BCUT2D eigenvalue weighted by atomic mass is 35.5. The van der Waals surface area contributed by atoms with E-state index in [1.807, 2.05) is 6.07 Å². The Labute approximate surface area is 244 Å². The number of ether oxygens (including phenoxy) is 1. The van der Waals surface area contributed by atoms with E-state index in [2.05, 4.69) is 16.0 Å². The number of hydrogen-bond donors (Lipinski definition) is 5. The molecule has 2 aliphatic heterocycles. The van der Waals surface area contributed by atoms with Crippen LogP contribution in [0.5, 0.6) is 0 Å². The van der Waals surface area contributed by atoms with Crippen LogP contribution in [0.3, 0.4) is 0 Å². The van der Waals surface area contributed by atoms with Crippen molar-refractivity contribution in [3.8, 4) is 0 Å². The lowest BCUT2D eigenvalue weighted by molar-refractivity contribution is -0.130. The highest BCUT2D eigenvalue weighted by Gasteiger charge is 2.38. The number of amides is 4. The van der Waals surface area contributed by atoms with Gasteiger partial charge in [-0.25, -0.2) is 4.79 Å². The lowest BCUT2D eigenvalue weighted by Crippen LogP contribution is -2.55. The number of alkyl carbamates (subject to hydrolysis) is 1. The number of carbonyl (C=O) groups is 4. The molecular formula is C26H37ClN4O9S. The van der Waals surface area contributed by atoms with E-state index in [1.54, 1.807) is 36.9 Å². The lowest BCUT2D eigenvalue weighted by Gasteiger charge is -2.28. The molecule has 15 heteroatoms. The second-order valence-electron chi connectivity index (χ2n) is 10.8. The predicted molar refractivity (Wildman–Crippen MR) is 148 cm³/mol. The number of hydrogen-bond acceptors (Lipinski definition) is 8. The van der Waals surface area contributed by atoms with Crippen LogP contribution in [0.25, 0.3) is 0 Å². The van der Waals surface area contributed by atoms with Gasteiger partial charge in [0.15, 0.2) is 0 Å². The van der Waals surface area contributed by atoms with E-state index < -0.39 is 45.6 Å². The van der Waals surface area contributed by atoms with Crippen LogP contribution in [0.2, 0.25) is 5.02 Å². The summed E-state index contributed by atoms with van der Waals surface area (Å²) in [5.41, 5.74) is -1.55. The van der Waals surface area contributed by atoms with Gasteiger partial charge < -0.3 is 30.7 Å². The first-order valence-electron chi connectivity index (χ1n) is 13.4. The minimum absolute atomic E-state index is 0.0859. The summed E-state index contributed by atoms with van der Waals surface area (Å²) >= 11 is 6.05. The van der Waals surface area contributed by atoms with Crippen molar-refractivity contribution in [3.05, 3.63) is 34.9 Å². The zero-order chi connectivity index (χ0) is 30.3. The van der Waals surface area contributed by atoms with Gasteiger partial charge in [-0.2, -0.15) is 8.42 Å². The summed E-state index contributed by atoms with van der Waals surface area (Å²) in [5, 5.41) is 18.2. The highest BCUT2D eigenvalue weighted by Crippen LogP contribution is 2.23. The molecule has 0 spiro atoms. The molecule has 0 bridgehead atoms. The van der Waals surface area contributed by atoms with Gasteiger partial charge in [0.1, 0.15) is 12.6 Å². The van der Waals surface area contributed by atoms with E-state index in [0.717, 1.165) is 5.56 Å².